The van der Waals surface area contributed by atoms with Gasteiger partial charge in [0, 0.05) is 30.1 Å². The minimum atomic E-state index is -3.56. The molecule has 0 aliphatic heterocycles. The highest BCUT2D eigenvalue weighted by molar-refractivity contribution is 7.89. The first kappa shape index (κ1) is 21.8. The molecule has 1 amide bonds. The molecule has 0 atom stereocenters. The molecule has 0 saturated carbocycles. The summed E-state index contributed by atoms with van der Waals surface area (Å²) >= 11 is 0. The first-order valence-corrected chi connectivity index (χ1v) is 11.7. The van der Waals surface area contributed by atoms with Crippen LogP contribution in [0.5, 0.6) is 0 Å². The largest absolute Gasteiger partial charge is 0.453 e. The summed E-state index contributed by atoms with van der Waals surface area (Å²) in [5.74, 6) is 0.683. The molecule has 0 spiro atoms. The van der Waals surface area contributed by atoms with Crippen molar-refractivity contribution in [3.05, 3.63) is 71.9 Å². The van der Waals surface area contributed by atoms with E-state index in [1.807, 2.05) is 30.3 Å². The second-order valence-electron chi connectivity index (χ2n) is 7.13. The average molecular weight is 454 g/mol. The molecule has 4 rings (SSSR count). The van der Waals surface area contributed by atoms with Gasteiger partial charge in [0.15, 0.2) is 5.76 Å². The molecule has 2 aromatic heterocycles. The van der Waals surface area contributed by atoms with E-state index in [0.29, 0.717) is 35.9 Å². The number of nitrogens with zero attached hydrogens (tertiary/aromatic N) is 2. The number of carbonyl (C=O) groups excluding carboxylic acids is 1. The number of aromatic nitrogens is 1. The van der Waals surface area contributed by atoms with Crippen LogP contribution < -0.4 is 5.32 Å². The number of nitrogens with one attached hydrogen (secondary N) is 1. The zero-order valence-electron chi connectivity index (χ0n) is 17.7. The third-order valence-corrected chi connectivity index (χ3v) is 7.18. The van der Waals surface area contributed by atoms with Gasteiger partial charge in [-0.05, 0) is 36.4 Å². The number of sulfonamides is 1. The summed E-state index contributed by atoms with van der Waals surface area (Å²) in [6, 6.07) is 17.1. The van der Waals surface area contributed by atoms with Crippen molar-refractivity contribution in [1.82, 2.24) is 14.8 Å². The summed E-state index contributed by atoms with van der Waals surface area (Å²) in [6.07, 6.45) is 0. The molecular weight excluding hydrogens is 430 g/mol. The van der Waals surface area contributed by atoms with E-state index in [0.717, 1.165) is 11.0 Å². The maximum absolute atomic E-state index is 12.6. The standard InChI is InChI=1S/C23H23N3O5S/c1-3-26(4-2)32(28,29)19-11-9-16(10-12-19)23(27)24-15-18-14-22(31-25-18)21-13-17-7-5-6-8-20(17)30-21/h5-14H,3-4,15H2,1-2H3,(H,24,27). The monoisotopic (exact) mass is 453 g/mol. The van der Waals surface area contributed by atoms with Gasteiger partial charge >= 0.3 is 0 Å². The van der Waals surface area contributed by atoms with Gasteiger partial charge in [-0.3, -0.25) is 4.79 Å². The maximum Gasteiger partial charge on any atom is 0.251 e. The average Bonchev–Trinajstić information content (AvgIpc) is 3.45. The predicted octanol–water partition coefficient (Wildman–Crippen LogP) is 4.05. The van der Waals surface area contributed by atoms with Crippen LogP contribution >= 0.6 is 0 Å². The Morgan fingerprint density at radius 2 is 1.72 bits per heavy atom. The zero-order valence-corrected chi connectivity index (χ0v) is 18.6. The van der Waals surface area contributed by atoms with Crippen molar-refractivity contribution in [3.8, 4) is 11.5 Å². The van der Waals surface area contributed by atoms with Gasteiger partial charge < -0.3 is 14.3 Å². The van der Waals surface area contributed by atoms with Crippen LogP contribution in [0.3, 0.4) is 0 Å². The molecule has 0 bridgehead atoms. The number of amides is 1. The fraction of sp³-hybridized carbons (Fsp3) is 0.217. The molecule has 0 fully saturated rings. The fourth-order valence-electron chi connectivity index (χ4n) is 3.38. The lowest BCUT2D eigenvalue weighted by molar-refractivity contribution is 0.0950. The molecule has 0 unspecified atom stereocenters. The van der Waals surface area contributed by atoms with Gasteiger partial charge in [-0.25, -0.2) is 8.42 Å². The smallest absolute Gasteiger partial charge is 0.251 e. The van der Waals surface area contributed by atoms with Crippen LogP contribution in [0.25, 0.3) is 22.5 Å². The summed E-state index contributed by atoms with van der Waals surface area (Å²) in [7, 11) is -3.56. The van der Waals surface area contributed by atoms with E-state index in [4.69, 9.17) is 8.94 Å². The topological polar surface area (TPSA) is 106 Å². The minimum Gasteiger partial charge on any atom is -0.453 e. The number of fused-ring (bicyclic) bond motifs is 1. The van der Waals surface area contributed by atoms with Crippen LogP contribution in [-0.4, -0.2) is 36.9 Å². The lowest BCUT2D eigenvalue weighted by Crippen LogP contribution is -2.30. The van der Waals surface area contributed by atoms with Gasteiger partial charge in [0.2, 0.25) is 15.8 Å². The Morgan fingerprint density at radius 3 is 2.41 bits per heavy atom. The van der Waals surface area contributed by atoms with Gasteiger partial charge in [-0.2, -0.15) is 4.31 Å². The van der Waals surface area contributed by atoms with Crippen molar-refractivity contribution in [2.45, 2.75) is 25.3 Å². The molecule has 2 aromatic carbocycles. The van der Waals surface area contributed by atoms with Gasteiger partial charge in [-0.15, -0.1) is 0 Å². The molecule has 166 valence electrons. The van der Waals surface area contributed by atoms with E-state index in [2.05, 4.69) is 10.5 Å². The van der Waals surface area contributed by atoms with Crippen LogP contribution in [0.4, 0.5) is 0 Å². The number of para-hydroxylation sites is 1. The van der Waals surface area contributed by atoms with Crippen molar-refractivity contribution < 1.29 is 22.2 Å². The summed E-state index contributed by atoms with van der Waals surface area (Å²) in [5, 5.41) is 7.69. The lowest BCUT2D eigenvalue weighted by Gasteiger charge is -2.18. The minimum absolute atomic E-state index is 0.155. The van der Waals surface area contributed by atoms with Gasteiger partial charge in [0.1, 0.15) is 11.3 Å². The van der Waals surface area contributed by atoms with E-state index in [1.165, 1.54) is 28.6 Å². The van der Waals surface area contributed by atoms with Gasteiger partial charge in [0.05, 0.1) is 11.4 Å². The van der Waals surface area contributed by atoms with Crippen LogP contribution in [0.15, 0.2) is 74.5 Å². The Kier molecular flexibility index (Phi) is 6.11. The van der Waals surface area contributed by atoms with Crippen molar-refractivity contribution in [2.24, 2.45) is 0 Å². The number of hydrogen-bond acceptors (Lipinski definition) is 6. The molecule has 8 nitrogen and oxygen atoms in total. The Balaban J connectivity index is 1.41. The quantitative estimate of drug-likeness (QED) is 0.431. The molecule has 32 heavy (non-hydrogen) atoms. The van der Waals surface area contributed by atoms with Crippen molar-refractivity contribution in [3.63, 3.8) is 0 Å². The van der Waals surface area contributed by atoms with E-state index in [1.54, 1.807) is 19.9 Å². The molecule has 9 heteroatoms. The predicted molar refractivity (Wildman–Crippen MR) is 119 cm³/mol. The molecule has 2 heterocycles. The Hall–Kier alpha value is -3.43. The third kappa shape index (κ3) is 4.30. The molecule has 0 saturated heterocycles. The van der Waals surface area contributed by atoms with Crippen molar-refractivity contribution in [1.29, 1.82) is 0 Å². The second kappa shape index (κ2) is 8.97. The number of carbonyl (C=O) groups is 1. The maximum atomic E-state index is 12.6. The Bertz CT molecular complexity index is 1300. The zero-order chi connectivity index (χ0) is 22.7. The van der Waals surface area contributed by atoms with E-state index >= 15 is 0 Å². The van der Waals surface area contributed by atoms with E-state index < -0.39 is 10.0 Å². The first-order valence-electron chi connectivity index (χ1n) is 10.2. The molecule has 0 aliphatic rings. The number of hydrogen-bond donors (Lipinski definition) is 1. The second-order valence-corrected chi connectivity index (χ2v) is 9.07. The normalized spacial score (nSPS) is 11.8. The van der Waals surface area contributed by atoms with Gasteiger partial charge in [-0.1, -0.05) is 37.2 Å². The first-order chi connectivity index (χ1) is 15.4. The lowest BCUT2D eigenvalue weighted by atomic mass is 10.2. The van der Waals surface area contributed by atoms with Crippen LogP contribution in [-0.2, 0) is 16.6 Å². The Morgan fingerprint density at radius 1 is 1.00 bits per heavy atom. The Labute approximate surface area is 185 Å². The SMILES string of the molecule is CCN(CC)S(=O)(=O)c1ccc(C(=O)NCc2cc(-c3cc4ccccc4o3)on2)cc1. The number of benzene rings is 2. The molecule has 0 aliphatic carbocycles. The van der Waals surface area contributed by atoms with Crippen molar-refractivity contribution >= 4 is 26.9 Å². The summed E-state index contributed by atoms with van der Waals surface area (Å²) in [5.41, 5.74) is 1.64. The highest BCUT2D eigenvalue weighted by atomic mass is 32.2. The molecular formula is C23H23N3O5S. The van der Waals surface area contributed by atoms with Crippen LogP contribution in [0.2, 0.25) is 0 Å². The van der Waals surface area contributed by atoms with Crippen LogP contribution in [0.1, 0.15) is 29.9 Å². The highest BCUT2D eigenvalue weighted by Gasteiger charge is 2.21. The van der Waals surface area contributed by atoms with Crippen LogP contribution in [0, 0.1) is 0 Å². The number of rotatable bonds is 8. The molecule has 0 radical (unpaired) electrons. The van der Waals surface area contributed by atoms with Gasteiger partial charge in [0.25, 0.3) is 5.91 Å². The van der Waals surface area contributed by atoms with Crippen molar-refractivity contribution in [2.75, 3.05) is 13.1 Å². The summed E-state index contributed by atoms with van der Waals surface area (Å²) in [6.45, 7) is 4.49. The van der Waals surface area contributed by atoms with E-state index in [9.17, 15) is 13.2 Å². The highest BCUT2D eigenvalue weighted by Crippen LogP contribution is 2.28. The summed E-state index contributed by atoms with van der Waals surface area (Å²) < 4.78 is 37.6. The third-order valence-electron chi connectivity index (χ3n) is 5.12. The number of furan rings is 1. The van der Waals surface area contributed by atoms with E-state index in [-0.39, 0.29) is 17.3 Å². The molecule has 4 aromatic rings. The molecule has 1 N–H and O–H groups in total. The summed E-state index contributed by atoms with van der Waals surface area (Å²) in [4.78, 5) is 12.6. The fourth-order valence-corrected chi connectivity index (χ4v) is 4.84.